The lowest BCUT2D eigenvalue weighted by Gasteiger charge is -2.15. The average Bonchev–Trinajstić information content (AvgIpc) is 2.92. The molecule has 0 atom stereocenters. The lowest BCUT2D eigenvalue weighted by Crippen LogP contribution is -2.21. The highest BCUT2D eigenvalue weighted by atomic mass is 35.5. The second kappa shape index (κ2) is 5.05. The van der Waals surface area contributed by atoms with Crippen LogP contribution in [0.4, 0.5) is 10.3 Å². The van der Waals surface area contributed by atoms with Gasteiger partial charge in [-0.05, 0) is 30.5 Å². The first kappa shape index (κ1) is 12.2. The summed E-state index contributed by atoms with van der Waals surface area (Å²) in [7, 11) is 0. The van der Waals surface area contributed by atoms with Crippen molar-refractivity contribution in [3.05, 3.63) is 29.6 Å². The number of nitrogens with zero attached hydrogens (tertiary/aromatic N) is 5. The molecule has 5 nitrogen and oxygen atoms in total. The topological polar surface area (TPSA) is 54.8 Å². The van der Waals surface area contributed by atoms with Crippen LogP contribution in [0.5, 0.6) is 0 Å². The van der Waals surface area contributed by atoms with Crippen LogP contribution in [-0.4, -0.2) is 33.0 Å². The molecule has 0 aliphatic carbocycles. The van der Waals surface area contributed by atoms with Crippen LogP contribution in [0, 0.1) is 5.82 Å². The van der Waals surface area contributed by atoms with Crippen LogP contribution in [0.25, 0.3) is 11.4 Å². The Morgan fingerprint density at radius 2 is 1.95 bits per heavy atom. The molecular weight excluding hydrogens is 269 g/mol. The highest BCUT2D eigenvalue weighted by Gasteiger charge is 2.18. The van der Waals surface area contributed by atoms with Crippen LogP contribution in [0.15, 0.2) is 18.5 Å². The van der Waals surface area contributed by atoms with Crippen molar-refractivity contribution in [2.75, 3.05) is 18.0 Å². The monoisotopic (exact) mass is 279 g/mol. The summed E-state index contributed by atoms with van der Waals surface area (Å²) in [6, 6.07) is 1.52. The van der Waals surface area contributed by atoms with Crippen LogP contribution < -0.4 is 4.90 Å². The maximum absolute atomic E-state index is 13.7. The van der Waals surface area contributed by atoms with Crippen molar-refractivity contribution < 1.29 is 4.39 Å². The van der Waals surface area contributed by atoms with Crippen molar-refractivity contribution in [2.24, 2.45) is 0 Å². The molecule has 0 saturated carbocycles. The van der Waals surface area contributed by atoms with Crippen LogP contribution in [-0.2, 0) is 0 Å². The number of pyridine rings is 1. The minimum absolute atomic E-state index is 0.0723. The number of aromatic nitrogens is 4. The Hall–Kier alpha value is -1.82. The Morgan fingerprint density at radius 3 is 2.68 bits per heavy atom. The maximum Gasteiger partial charge on any atom is 0.230 e. The fraction of sp³-hybridized carbons (Fsp3) is 0.333. The van der Waals surface area contributed by atoms with E-state index in [1.807, 2.05) is 4.90 Å². The molecule has 1 saturated heterocycles. The fourth-order valence-electron chi connectivity index (χ4n) is 2.08. The maximum atomic E-state index is 13.7. The lowest BCUT2D eigenvalue weighted by atomic mass is 10.2. The lowest BCUT2D eigenvalue weighted by molar-refractivity contribution is 0.623. The van der Waals surface area contributed by atoms with Gasteiger partial charge in [-0.1, -0.05) is 0 Å². The van der Waals surface area contributed by atoms with E-state index in [0.29, 0.717) is 5.95 Å². The van der Waals surface area contributed by atoms with E-state index >= 15 is 0 Å². The highest BCUT2D eigenvalue weighted by molar-refractivity contribution is 6.28. The van der Waals surface area contributed by atoms with Gasteiger partial charge in [0.2, 0.25) is 11.2 Å². The molecule has 1 aliphatic heterocycles. The molecule has 2 aromatic rings. The second-order valence-corrected chi connectivity index (χ2v) is 4.62. The highest BCUT2D eigenvalue weighted by Crippen LogP contribution is 2.23. The number of rotatable bonds is 2. The molecule has 0 bridgehead atoms. The summed E-state index contributed by atoms with van der Waals surface area (Å²) in [5.41, 5.74) is 0.278. The normalized spacial score (nSPS) is 14.9. The summed E-state index contributed by atoms with van der Waals surface area (Å²) in [4.78, 5) is 18.1. The van der Waals surface area contributed by atoms with E-state index in [-0.39, 0.29) is 16.7 Å². The van der Waals surface area contributed by atoms with Gasteiger partial charge in [-0.3, -0.25) is 4.98 Å². The minimum atomic E-state index is -0.475. The van der Waals surface area contributed by atoms with Crippen LogP contribution in [0.2, 0.25) is 5.28 Å². The summed E-state index contributed by atoms with van der Waals surface area (Å²) in [6.07, 6.45) is 4.82. The zero-order valence-electron chi connectivity index (χ0n) is 10.1. The third-order valence-electron chi connectivity index (χ3n) is 3.00. The predicted molar refractivity (Wildman–Crippen MR) is 69.5 cm³/mol. The van der Waals surface area contributed by atoms with Crippen molar-refractivity contribution in [1.29, 1.82) is 0 Å². The Labute approximate surface area is 114 Å². The third-order valence-corrected chi connectivity index (χ3v) is 3.17. The van der Waals surface area contributed by atoms with Crippen LogP contribution in [0.3, 0.4) is 0 Å². The molecule has 1 fully saturated rings. The van der Waals surface area contributed by atoms with Gasteiger partial charge in [-0.15, -0.1) is 0 Å². The molecular formula is C12H11ClFN5. The summed E-state index contributed by atoms with van der Waals surface area (Å²) < 4.78 is 13.7. The zero-order chi connectivity index (χ0) is 13.2. The van der Waals surface area contributed by atoms with Crippen molar-refractivity contribution in [3.63, 3.8) is 0 Å². The molecule has 7 heteroatoms. The quantitative estimate of drug-likeness (QED) is 0.844. The minimum Gasteiger partial charge on any atom is -0.341 e. The van der Waals surface area contributed by atoms with E-state index in [1.54, 1.807) is 0 Å². The average molecular weight is 280 g/mol. The van der Waals surface area contributed by atoms with Gasteiger partial charge in [0.25, 0.3) is 0 Å². The molecule has 0 radical (unpaired) electrons. The van der Waals surface area contributed by atoms with E-state index in [9.17, 15) is 4.39 Å². The molecule has 0 aromatic carbocycles. The van der Waals surface area contributed by atoms with Gasteiger partial charge in [0.15, 0.2) is 11.6 Å². The number of hydrogen-bond donors (Lipinski definition) is 0. The molecule has 0 spiro atoms. The van der Waals surface area contributed by atoms with Gasteiger partial charge in [-0.2, -0.15) is 15.0 Å². The summed E-state index contributed by atoms with van der Waals surface area (Å²) in [6.45, 7) is 1.78. The Balaban J connectivity index is 2.04. The zero-order valence-corrected chi connectivity index (χ0v) is 10.8. The van der Waals surface area contributed by atoms with Crippen molar-refractivity contribution in [2.45, 2.75) is 12.8 Å². The smallest absolute Gasteiger partial charge is 0.230 e. The van der Waals surface area contributed by atoms with Gasteiger partial charge < -0.3 is 4.90 Å². The molecule has 0 N–H and O–H groups in total. The first-order valence-electron chi connectivity index (χ1n) is 6.00. The molecule has 1 aliphatic rings. The van der Waals surface area contributed by atoms with Gasteiger partial charge in [0.1, 0.15) is 0 Å². The van der Waals surface area contributed by atoms with E-state index in [4.69, 9.17) is 11.6 Å². The molecule has 3 heterocycles. The molecule has 3 rings (SSSR count). The number of hydrogen-bond acceptors (Lipinski definition) is 5. The molecule has 0 unspecified atom stereocenters. The second-order valence-electron chi connectivity index (χ2n) is 4.28. The van der Waals surface area contributed by atoms with Gasteiger partial charge in [-0.25, -0.2) is 4.39 Å². The Morgan fingerprint density at radius 1 is 1.16 bits per heavy atom. The van der Waals surface area contributed by atoms with Gasteiger partial charge >= 0.3 is 0 Å². The Bertz CT molecular complexity index is 600. The number of halogens is 2. The van der Waals surface area contributed by atoms with Crippen LogP contribution >= 0.6 is 11.6 Å². The number of anilines is 1. The Kier molecular flexibility index (Phi) is 3.25. The van der Waals surface area contributed by atoms with Crippen molar-refractivity contribution in [3.8, 4) is 11.4 Å². The molecule has 0 amide bonds. The molecule has 2 aromatic heterocycles. The summed E-state index contributed by atoms with van der Waals surface area (Å²) in [5, 5.41) is 0.0723. The van der Waals surface area contributed by atoms with Crippen molar-refractivity contribution >= 4 is 17.5 Å². The molecule has 98 valence electrons. The standard InChI is InChI=1S/C12H11ClFN5/c13-11-16-10(8-3-4-15-7-9(8)14)17-12(18-11)19-5-1-2-6-19/h3-4,7H,1-2,5-6H2. The van der Waals surface area contributed by atoms with E-state index in [0.717, 1.165) is 32.1 Å². The van der Waals surface area contributed by atoms with Crippen LogP contribution in [0.1, 0.15) is 12.8 Å². The summed E-state index contributed by atoms with van der Waals surface area (Å²) in [5.74, 6) is 0.266. The van der Waals surface area contributed by atoms with Gasteiger partial charge in [0.05, 0.1) is 11.8 Å². The van der Waals surface area contributed by atoms with E-state index in [2.05, 4.69) is 19.9 Å². The fourth-order valence-corrected chi connectivity index (χ4v) is 2.23. The van der Waals surface area contributed by atoms with Crippen molar-refractivity contribution in [1.82, 2.24) is 19.9 Å². The third kappa shape index (κ3) is 2.49. The predicted octanol–water partition coefficient (Wildman–Crippen LogP) is 2.33. The largest absolute Gasteiger partial charge is 0.341 e. The van der Waals surface area contributed by atoms with Gasteiger partial charge in [0, 0.05) is 19.3 Å². The first-order chi connectivity index (χ1) is 9.24. The van der Waals surface area contributed by atoms with E-state index < -0.39 is 5.82 Å². The molecule has 19 heavy (non-hydrogen) atoms. The summed E-state index contributed by atoms with van der Waals surface area (Å²) >= 11 is 5.90. The van der Waals surface area contributed by atoms with E-state index in [1.165, 1.54) is 12.3 Å². The SMILES string of the molecule is Fc1cnccc1-c1nc(Cl)nc(N2CCCC2)n1. The first-order valence-corrected chi connectivity index (χ1v) is 6.38.